The lowest BCUT2D eigenvalue weighted by Crippen LogP contribution is -2.18. The zero-order chi connectivity index (χ0) is 24.1. The Morgan fingerprint density at radius 2 is 1.76 bits per heavy atom. The number of rotatable bonds is 6. The summed E-state index contributed by atoms with van der Waals surface area (Å²) in [5.41, 5.74) is 2.14. The lowest BCUT2D eigenvalue weighted by molar-refractivity contribution is -0.137. The molecule has 1 aliphatic carbocycles. The zero-order valence-electron chi connectivity index (χ0n) is 18.0. The fourth-order valence-corrected chi connectivity index (χ4v) is 4.54. The van der Waals surface area contributed by atoms with Crippen molar-refractivity contribution in [1.82, 2.24) is 14.3 Å². The monoisotopic (exact) mass is 487 g/mol. The van der Waals surface area contributed by atoms with E-state index in [1.165, 1.54) is 37.4 Å². The van der Waals surface area contributed by atoms with Crippen molar-refractivity contribution >= 4 is 21.1 Å². The normalized spacial score (nSPS) is 14.5. The predicted molar refractivity (Wildman–Crippen MR) is 121 cm³/mol. The van der Waals surface area contributed by atoms with Gasteiger partial charge in [0.1, 0.15) is 11.5 Å². The van der Waals surface area contributed by atoms with Gasteiger partial charge in [0.05, 0.1) is 27.8 Å². The maximum absolute atomic E-state index is 12.9. The summed E-state index contributed by atoms with van der Waals surface area (Å²) in [6, 6.07) is 14.7. The molecule has 0 amide bonds. The Kier molecular flexibility index (Phi) is 5.37. The van der Waals surface area contributed by atoms with Crippen LogP contribution in [0, 0.1) is 0 Å². The molecule has 0 aliphatic heterocycles. The van der Waals surface area contributed by atoms with E-state index < -0.39 is 21.8 Å². The first-order chi connectivity index (χ1) is 16.2. The summed E-state index contributed by atoms with van der Waals surface area (Å²) in [4.78, 5) is 4.48. The van der Waals surface area contributed by atoms with Crippen molar-refractivity contribution in [2.75, 3.05) is 7.05 Å². The number of hydrogen-bond acceptors (Lipinski definition) is 4. The standard InChI is InChI=1S/C24H20F3N3O3S/c1-28-34(31,32)19-9-11-23(33-18-7-3-16(4-8-18)24(25,26)27)20(13-19)15-2-10-21-22(12-15)30(14-29-21)17-5-6-17/h2-4,7-14,17,28H,5-6H2,1H3. The molecule has 1 N–H and O–H groups in total. The molecule has 0 atom stereocenters. The van der Waals surface area contributed by atoms with Crippen molar-refractivity contribution in [3.05, 3.63) is 72.6 Å². The lowest BCUT2D eigenvalue weighted by Gasteiger charge is -2.15. The Balaban J connectivity index is 1.60. The van der Waals surface area contributed by atoms with E-state index in [0.717, 1.165) is 36.0 Å². The number of ether oxygens (including phenoxy) is 1. The van der Waals surface area contributed by atoms with Gasteiger partial charge in [0.2, 0.25) is 10.0 Å². The van der Waals surface area contributed by atoms with Crippen molar-refractivity contribution in [1.29, 1.82) is 0 Å². The van der Waals surface area contributed by atoms with Crippen molar-refractivity contribution < 1.29 is 26.3 Å². The van der Waals surface area contributed by atoms with Crippen LogP contribution in [-0.2, 0) is 16.2 Å². The molecule has 34 heavy (non-hydrogen) atoms. The Labute approximate surface area is 194 Å². The topological polar surface area (TPSA) is 73.2 Å². The summed E-state index contributed by atoms with van der Waals surface area (Å²) < 4.78 is 73.9. The SMILES string of the molecule is CNS(=O)(=O)c1ccc(Oc2ccc(C(F)(F)F)cc2)c(-c2ccc3ncn(C4CC4)c3c2)c1. The van der Waals surface area contributed by atoms with Gasteiger partial charge in [0, 0.05) is 11.6 Å². The Morgan fingerprint density at radius 3 is 2.41 bits per heavy atom. The smallest absolute Gasteiger partial charge is 0.416 e. The second-order valence-electron chi connectivity index (χ2n) is 8.08. The highest BCUT2D eigenvalue weighted by Gasteiger charge is 2.30. The number of nitrogens with one attached hydrogen (secondary N) is 1. The maximum atomic E-state index is 12.9. The number of halogens is 3. The third-order valence-corrected chi connectivity index (χ3v) is 7.18. The van der Waals surface area contributed by atoms with Gasteiger partial charge in [-0.25, -0.2) is 18.1 Å². The molecule has 176 valence electrons. The predicted octanol–water partition coefficient (Wildman–Crippen LogP) is 5.76. The molecule has 0 unspecified atom stereocenters. The second kappa shape index (κ2) is 8.14. The average Bonchev–Trinajstić information content (AvgIpc) is 3.57. The average molecular weight is 488 g/mol. The third-order valence-electron chi connectivity index (χ3n) is 5.77. The van der Waals surface area contributed by atoms with Crippen LogP contribution >= 0.6 is 0 Å². The Morgan fingerprint density at radius 1 is 1.03 bits per heavy atom. The van der Waals surface area contributed by atoms with Crippen LogP contribution in [0.15, 0.2) is 71.9 Å². The van der Waals surface area contributed by atoms with Crippen molar-refractivity contribution in [3.63, 3.8) is 0 Å². The van der Waals surface area contributed by atoms with Crippen LogP contribution in [0.4, 0.5) is 13.2 Å². The second-order valence-corrected chi connectivity index (χ2v) is 9.96. The van der Waals surface area contributed by atoms with E-state index in [1.54, 1.807) is 6.33 Å². The molecule has 1 heterocycles. The molecule has 0 saturated heterocycles. The first kappa shape index (κ1) is 22.4. The fourth-order valence-electron chi connectivity index (χ4n) is 3.78. The molecular formula is C24H20F3N3O3S. The number of hydrogen-bond donors (Lipinski definition) is 1. The molecule has 0 radical (unpaired) electrons. The summed E-state index contributed by atoms with van der Waals surface area (Å²) in [6.45, 7) is 0. The fraction of sp³-hybridized carbons (Fsp3) is 0.208. The van der Waals surface area contributed by atoms with Gasteiger partial charge in [-0.05, 0) is 80.1 Å². The van der Waals surface area contributed by atoms with Gasteiger partial charge < -0.3 is 9.30 Å². The number of benzene rings is 3. The van der Waals surface area contributed by atoms with E-state index in [1.807, 2.05) is 18.2 Å². The Hall–Kier alpha value is -3.37. The van der Waals surface area contributed by atoms with E-state index in [9.17, 15) is 21.6 Å². The molecule has 1 fully saturated rings. The first-order valence-electron chi connectivity index (χ1n) is 10.6. The van der Waals surface area contributed by atoms with Crippen LogP contribution in [0.1, 0.15) is 24.4 Å². The highest BCUT2D eigenvalue weighted by molar-refractivity contribution is 7.89. The van der Waals surface area contributed by atoms with Crippen molar-refractivity contribution in [2.45, 2.75) is 30.0 Å². The first-order valence-corrected chi connectivity index (χ1v) is 12.0. The Bertz CT molecular complexity index is 1480. The molecule has 0 bridgehead atoms. The van der Waals surface area contributed by atoms with Gasteiger partial charge in [0.25, 0.3) is 0 Å². The maximum Gasteiger partial charge on any atom is 0.416 e. The zero-order valence-corrected chi connectivity index (χ0v) is 18.8. The molecule has 1 aromatic heterocycles. The summed E-state index contributed by atoms with van der Waals surface area (Å²) >= 11 is 0. The summed E-state index contributed by atoms with van der Waals surface area (Å²) in [6.07, 6.45) is -0.498. The number of fused-ring (bicyclic) bond motifs is 1. The molecule has 1 saturated carbocycles. The number of alkyl halides is 3. The molecule has 1 aliphatic rings. The van der Waals surface area contributed by atoms with E-state index in [4.69, 9.17) is 4.74 Å². The van der Waals surface area contributed by atoms with Crippen molar-refractivity contribution in [3.8, 4) is 22.6 Å². The minimum Gasteiger partial charge on any atom is -0.457 e. The van der Waals surface area contributed by atoms with Crippen LogP contribution in [0.2, 0.25) is 0 Å². The van der Waals surface area contributed by atoms with Gasteiger partial charge in [-0.2, -0.15) is 13.2 Å². The molecule has 3 aromatic carbocycles. The van der Waals surface area contributed by atoms with E-state index >= 15 is 0 Å². The van der Waals surface area contributed by atoms with Gasteiger partial charge >= 0.3 is 6.18 Å². The lowest BCUT2D eigenvalue weighted by atomic mass is 10.0. The number of imidazole rings is 1. The minimum atomic E-state index is -4.45. The molecule has 10 heteroatoms. The number of aromatic nitrogens is 2. The van der Waals surface area contributed by atoms with Crippen LogP contribution in [0.5, 0.6) is 11.5 Å². The van der Waals surface area contributed by atoms with Crippen LogP contribution < -0.4 is 9.46 Å². The molecule has 0 spiro atoms. The molecule has 4 aromatic rings. The minimum absolute atomic E-state index is 0.0422. The van der Waals surface area contributed by atoms with Gasteiger partial charge in [-0.3, -0.25) is 0 Å². The molecule has 5 rings (SSSR count). The van der Waals surface area contributed by atoms with Gasteiger partial charge in [-0.15, -0.1) is 0 Å². The summed E-state index contributed by atoms with van der Waals surface area (Å²) in [7, 11) is -2.41. The van der Waals surface area contributed by atoms with Gasteiger partial charge in [0.15, 0.2) is 0 Å². The van der Waals surface area contributed by atoms with E-state index in [0.29, 0.717) is 22.9 Å². The summed E-state index contributed by atoms with van der Waals surface area (Å²) in [5, 5.41) is 0. The highest BCUT2D eigenvalue weighted by Crippen LogP contribution is 2.40. The molecule has 6 nitrogen and oxygen atoms in total. The summed E-state index contributed by atoms with van der Waals surface area (Å²) in [5.74, 6) is 0.509. The van der Waals surface area contributed by atoms with E-state index in [-0.39, 0.29) is 10.6 Å². The van der Waals surface area contributed by atoms with E-state index in [2.05, 4.69) is 14.3 Å². The third kappa shape index (κ3) is 4.26. The van der Waals surface area contributed by atoms with Crippen LogP contribution in [0.3, 0.4) is 0 Å². The van der Waals surface area contributed by atoms with Gasteiger partial charge in [-0.1, -0.05) is 6.07 Å². The van der Waals surface area contributed by atoms with Crippen LogP contribution in [-0.4, -0.2) is 25.0 Å². The van der Waals surface area contributed by atoms with Crippen LogP contribution in [0.25, 0.3) is 22.2 Å². The highest BCUT2D eigenvalue weighted by atomic mass is 32.2. The number of sulfonamides is 1. The quantitative estimate of drug-likeness (QED) is 0.376. The molecular weight excluding hydrogens is 467 g/mol. The number of nitrogens with zero attached hydrogens (tertiary/aromatic N) is 2. The van der Waals surface area contributed by atoms with Crippen molar-refractivity contribution in [2.24, 2.45) is 0 Å². The largest absolute Gasteiger partial charge is 0.457 e.